The highest BCUT2D eigenvalue weighted by atomic mass is 16.5. The number of ketones is 1. The lowest BCUT2D eigenvalue weighted by Gasteiger charge is -2.25. The average molecular weight is 424 g/mol. The molecule has 1 aliphatic rings. The number of hydrogen-bond donors (Lipinski definition) is 2. The molecule has 1 aliphatic heterocycles. The van der Waals surface area contributed by atoms with Crippen LogP contribution in [-0.4, -0.2) is 55.5 Å². The van der Waals surface area contributed by atoms with E-state index in [0.717, 1.165) is 23.3 Å². The van der Waals surface area contributed by atoms with E-state index >= 15 is 0 Å². The molecule has 0 radical (unpaired) electrons. The Balaban J connectivity index is 2.06. The fourth-order valence-corrected chi connectivity index (χ4v) is 3.63. The molecule has 2 aromatic carbocycles. The first-order valence-electron chi connectivity index (χ1n) is 10.7. The van der Waals surface area contributed by atoms with E-state index in [0.29, 0.717) is 25.3 Å². The zero-order valence-corrected chi connectivity index (χ0v) is 18.6. The summed E-state index contributed by atoms with van der Waals surface area (Å²) in [6, 6.07) is 14.0. The zero-order chi connectivity index (χ0) is 22.5. The highest BCUT2D eigenvalue weighted by Crippen LogP contribution is 2.39. The van der Waals surface area contributed by atoms with Crippen LogP contribution >= 0.6 is 0 Å². The monoisotopic (exact) mass is 423 g/mol. The Morgan fingerprint density at radius 2 is 1.71 bits per heavy atom. The quantitative estimate of drug-likeness (QED) is 0.389. The average Bonchev–Trinajstić information content (AvgIpc) is 3.01. The summed E-state index contributed by atoms with van der Waals surface area (Å²) < 4.78 is 5.66. The van der Waals surface area contributed by atoms with E-state index in [4.69, 9.17) is 4.74 Å². The van der Waals surface area contributed by atoms with E-state index in [2.05, 4.69) is 0 Å². The molecule has 2 aromatic rings. The van der Waals surface area contributed by atoms with E-state index in [1.807, 2.05) is 64.3 Å². The maximum absolute atomic E-state index is 13.0. The third-order valence-corrected chi connectivity index (χ3v) is 5.39. The zero-order valence-electron chi connectivity index (χ0n) is 18.6. The van der Waals surface area contributed by atoms with Crippen molar-refractivity contribution in [1.82, 2.24) is 4.90 Å². The van der Waals surface area contributed by atoms with Crippen LogP contribution in [-0.2, 0) is 9.59 Å². The molecule has 1 saturated heterocycles. The van der Waals surface area contributed by atoms with Gasteiger partial charge < -0.3 is 19.6 Å². The fourth-order valence-electron chi connectivity index (χ4n) is 3.63. The van der Waals surface area contributed by atoms with Gasteiger partial charge in [0.1, 0.15) is 11.5 Å². The first-order valence-corrected chi connectivity index (χ1v) is 10.7. The number of aliphatic hydroxyl groups is 1. The number of ether oxygens (including phenoxy) is 1. The molecule has 0 saturated carbocycles. The van der Waals surface area contributed by atoms with Gasteiger partial charge in [-0.15, -0.1) is 0 Å². The van der Waals surface area contributed by atoms with Gasteiger partial charge in [-0.05, 0) is 31.0 Å². The molecule has 3 rings (SSSR count). The number of aliphatic hydroxyl groups excluding tert-OH is 1. The van der Waals surface area contributed by atoms with Crippen LogP contribution in [0.3, 0.4) is 0 Å². The molecule has 1 amide bonds. The first kappa shape index (κ1) is 22.6. The predicted octanol–water partition coefficient (Wildman–Crippen LogP) is 2.35. The Hall–Kier alpha value is -3.12. The molecule has 1 fully saturated rings. The lowest BCUT2D eigenvalue weighted by Crippen LogP contribution is -3.06. The van der Waals surface area contributed by atoms with Gasteiger partial charge in [0.15, 0.2) is 0 Å². The summed E-state index contributed by atoms with van der Waals surface area (Å²) in [5.74, 6) is -0.637. The number of carbonyl (C=O) groups excluding carboxylic acids is 2. The van der Waals surface area contributed by atoms with Crippen molar-refractivity contribution < 1.29 is 24.3 Å². The molecule has 164 valence electrons. The third-order valence-electron chi connectivity index (χ3n) is 5.39. The van der Waals surface area contributed by atoms with Gasteiger partial charge in [-0.25, -0.2) is 0 Å². The minimum Gasteiger partial charge on any atom is -0.507 e. The SMILES string of the molecule is CCCOc1ccc([C@@H]2/C(=C(\O)c3ccc(C)cc3)C(=O)C(=O)N2CC[NH+](C)C)cc1. The number of aryl methyl sites for hydroxylation is 1. The highest BCUT2D eigenvalue weighted by Gasteiger charge is 2.46. The summed E-state index contributed by atoms with van der Waals surface area (Å²) in [5.41, 5.74) is 2.47. The summed E-state index contributed by atoms with van der Waals surface area (Å²) in [7, 11) is 4.00. The van der Waals surface area contributed by atoms with Crippen molar-refractivity contribution >= 4 is 17.4 Å². The Labute approximate surface area is 183 Å². The Morgan fingerprint density at radius 3 is 2.29 bits per heavy atom. The van der Waals surface area contributed by atoms with E-state index in [-0.39, 0.29) is 11.3 Å². The molecule has 6 heteroatoms. The number of likely N-dealkylation sites (tertiary alicyclic amines) is 1. The second-order valence-corrected chi connectivity index (χ2v) is 8.23. The van der Waals surface area contributed by atoms with Crippen LogP contribution in [0.5, 0.6) is 5.75 Å². The van der Waals surface area contributed by atoms with Gasteiger partial charge in [-0.3, -0.25) is 9.59 Å². The maximum Gasteiger partial charge on any atom is 0.295 e. The number of rotatable bonds is 8. The second kappa shape index (κ2) is 9.79. The van der Waals surface area contributed by atoms with Crippen LogP contribution in [0.2, 0.25) is 0 Å². The number of nitrogens with zero attached hydrogens (tertiary/aromatic N) is 1. The molecule has 0 aromatic heterocycles. The molecule has 1 atom stereocenters. The lowest BCUT2D eigenvalue weighted by molar-refractivity contribution is -0.857. The van der Waals surface area contributed by atoms with Crippen LogP contribution in [0.4, 0.5) is 0 Å². The lowest BCUT2D eigenvalue weighted by atomic mass is 9.95. The number of benzene rings is 2. The van der Waals surface area contributed by atoms with Gasteiger partial charge in [0, 0.05) is 5.56 Å². The van der Waals surface area contributed by atoms with E-state index in [9.17, 15) is 14.7 Å². The second-order valence-electron chi connectivity index (χ2n) is 8.23. The Bertz CT molecular complexity index is 962. The Kier molecular flexibility index (Phi) is 7.13. The molecule has 0 bridgehead atoms. The molecule has 0 spiro atoms. The summed E-state index contributed by atoms with van der Waals surface area (Å²) in [4.78, 5) is 28.6. The van der Waals surface area contributed by atoms with Gasteiger partial charge >= 0.3 is 0 Å². The molecule has 6 nitrogen and oxygen atoms in total. The van der Waals surface area contributed by atoms with Crippen molar-refractivity contribution in [2.75, 3.05) is 33.8 Å². The fraction of sp³-hybridized carbons (Fsp3) is 0.360. The predicted molar refractivity (Wildman–Crippen MR) is 120 cm³/mol. The van der Waals surface area contributed by atoms with Crippen molar-refractivity contribution in [3.63, 3.8) is 0 Å². The van der Waals surface area contributed by atoms with Gasteiger partial charge in [0.25, 0.3) is 11.7 Å². The van der Waals surface area contributed by atoms with E-state index in [1.165, 1.54) is 4.90 Å². The largest absolute Gasteiger partial charge is 0.507 e. The number of hydrogen-bond acceptors (Lipinski definition) is 4. The van der Waals surface area contributed by atoms with Gasteiger partial charge in [0.05, 0.1) is 45.4 Å². The number of nitrogens with one attached hydrogen (secondary N) is 1. The van der Waals surface area contributed by atoms with Crippen LogP contribution in [0.1, 0.15) is 36.1 Å². The van der Waals surface area contributed by atoms with Gasteiger partial charge in [-0.2, -0.15) is 0 Å². The third kappa shape index (κ3) is 4.97. The van der Waals surface area contributed by atoms with Crippen molar-refractivity contribution in [3.8, 4) is 5.75 Å². The molecule has 31 heavy (non-hydrogen) atoms. The van der Waals surface area contributed by atoms with Crippen LogP contribution in [0.25, 0.3) is 5.76 Å². The van der Waals surface area contributed by atoms with Crippen molar-refractivity contribution in [2.24, 2.45) is 0 Å². The topological polar surface area (TPSA) is 71.3 Å². The molecule has 0 unspecified atom stereocenters. The molecular weight excluding hydrogens is 392 g/mol. The summed E-state index contributed by atoms with van der Waals surface area (Å²) in [6.45, 7) is 5.72. The normalized spacial score (nSPS) is 18.1. The van der Waals surface area contributed by atoms with Crippen molar-refractivity contribution in [2.45, 2.75) is 26.3 Å². The summed E-state index contributed by atoms with van der Waals surface area (Å²) in [5, 5.41) is 11.0. The van der Waals surface area contributed by atoms with Crippen LogP contribution in [0, 0.1) is 6.92 Å². The smallest absolute Gasteiger partial charge is 0.295 e. The van der Waals surface area contributed by atoms with Gasteiger partial charge in [-0.1, -0.05) is 48.9 Å². The van der Waals surface area contributed by atoms with E-state index in [1.54, 1.807) is 17.0 Å². The molecule has 1 heterocycles. The maximum atomic E-state index is 13.0. The van der Waals surface area contributed by atoms with Crippen molar-refractivity contribution in [1.29, 1.82) is 0 Å². The van der Waals surface area contributed by atoms with Gasteiger partial charge in [0.2, 0.25) is 0 Å². The summed E-state index contributed by atoms with van der Waals surface area (Å²) in [6.07, 6.45) is 0.908. The number of quaternary nitrogens is 1. The summed E-state index contributed by atoms with van der Waals surface area (Å²) >= 11 is 0. The standard InChI is InChI=1S/C25H30N2O4/c1-5-16-31-20-12-10-18(11-13-20)22-21(23(28)19-8-6-17(2)7-9-19)24(29)25(30)27(22)15-14-26(3)4/h6-13,22,28H,5,14-16H2,1-4H3/p+1/b23-21+/t22-/m1/s1. The molecular formula is C25H31N2O4+. The number of carbonyl (C=O) groups is 2. The van der Waals surface area contributed by atoms with Crippen LogP contribution in [0.15, 0.2) is 54.1 Å². The number of amides is 1. The highest BCUT2D eigenvalue weighted by molar-refractivity contribution is 6.46. The van der Waals surface area contributed by atoms with Crippen molar-refractivity contribution in [3.05, 3.63) is 70.8 Å². The van der Waals surface area contributed by atoms with E-state index < -0.39 is 17.7 Å². The Morgan fingerprint density at radius 1 is 1.06 bits per heavy atom. The minimum absolute atomic E-state index is 0.129. The minimum atomic E-state index is -0.650. The number of Topliss-reactive ketones (excluding diaryl/α,β-unsaturated/α-hetero) is 1. The first-order chi connectivity index (χ1) is 14.8. The van der Waals surface area contributed by atoms with Crippen LogP contribution < -0.4 is 9.64 Å². The molecule has 0 aliphatic carbocycles. The molecule has 2 N–H and O–H groups in total. The number of likely N-dealkylation sites (N-methyl/N-ethyl adjacent to an activating group) is 1.